The van der Waals surface area contributed by atoms with Crippen molar-refractivity contribution in [1.29, 1.82) is 0 Å². The number of hydrogen-bond acceptors (Lipinski definition) is 3. The molecule has 0 fully saturated rings. The molecule has 4 nitrogen and oxygen atoms in total. The van der Waals surface area contributed by atoms with Gasteiger partial charge in [0.1, 0.15) is 0 Å². The number of nitrogens with zero attached hydrogens (tertiary/aromatic N) is 4. The van der Waals surface area contributed by atoms with E-state index in [1.807, 2.05) is 6.07 Å². The van der Waals surface area contributed by atoms with Crippen LogP contribution < -0.4 is 0 Å². The molecule has 0 atom stereocenters. The van der Waals surface area contributed by atoms with Gasteiger partial charge in [-0.25, -0.2) is 4.31 Å². The average molecular weight is 236 g/mol. The third kappa shape index (κ3) is 5.07. The molecule has 0 saturated carbocycles. The molecule has 0 radical (unpaired) electrons. The van der Waals surface area contributed by atoms with Crippen LogP contribution in [0.1, 0.15) is 18.9 Å². The molecular formula is C11H16N4S. The Morgan fingerprint density at radius 3 is 2.75 bits per heavy atom. The first-order valence-corrected chi connectivity index (χ1v) is 6.10. The van der Waals surface area contributed by atoms with Gasteiger partial charge < -0.3 is 0 Å². The van der Waals surface area contributed by atoms with Crippen LogP contribution in [-0.2, 0) is 6.42 Å². The highest BCUT2D eigenvalue weighted by Crippen LogP contribution is 2.12. The fourth-order valence-electron chi connectivity index (χ4n) is 1.43. The van der Waals surface area contributed by atoms with Gasteiger partial charge in [0.25, 0.3) is 0 Å². The molecule has 0 unspecified atom stereocenters. The fraction of sp³-hybridized carbons (Fsp3) is 0.455. The molecular weight excluding hydrogens is 220 g/mol. The first kappa shape index (κ1) is 12.9. The lowest BCUT2D eigenvalue weighted by Crippen LogP contribution is -2.15. The maximum absolute atomic E-state index is 8.22. The van der Waals surface area contributed by atoms with Gasteiger partial charge in [-0.3, -0.25) is 0 Å². The predicted octanol–water partition coefficient (Wildman–Crippen LogP) is 3.81. The van der Waals surface area contributed by atoms with Gasteiger partial charge in [0.2, 0.25) is 0 Å². The Bertz CT molecular complexity index is 335. The van der Waals surface area contributed by atoms with Gasteiger partial charge >= 0.3 is 0 Å². The molecule has 0 saturated heterocycles. The third-order valence-corrected chi connectivity index (χ3v) is 3.07. The van der Waals surface area contributed by atoms with E-state index in [-0.39, 0.29) is 0 Å². The number of hydrogen-bond donors (Lipinski definition) is 0. The maximum atomic E-state index is 8.22. The van der Waals surface area contributed by atoms with E-state index in [2.05, 4.69) is 44.9 Å². The van der Waals surface area contributed by atoms with Crippen LogP contribution >= 0.6 is 12.1 Å². The summed E-state index contributed by atoms with van der Waals surface area (Å²) in [5.41, 5.74) is 9.58. The van der Waals surface area contributed by atoms with E-state index in [1.54, 1.807) is 0 Å². The highest BCUT2D eigenvalue weighted by Gasteiger charge is 2.01. The maximum Gasteiger partial charge on any atom is 0.0187 e. The molecule has 16 heavy (non-hydrogen) atoms. The second kappa shape index (κ2) is 8.05. The molecule has 0 aromatic heterocycles. The van der Waals surface area contributed by atoms with Crippen molar-refractivity contribution in [1.82, 2.24) is 4.31 Å². The van der Waals surface area contributed by atoms with Crippen LogP contribution in [0.15, 0.2) is 34.9 Å². The second-order valence-electron chi connectivity index (χ2n) is 3.36. The zero-order valence-electron chi connectivity index (χ0n) is 9.41. The smallest absolute Gasteiger partial charge is 0.0187 e. The second-order valence-corrected chi connectivity index (χ2v) is 4.21. The summed E-state index contributed by atoms with van der Waals surface area (Å²) in [5, 5.41) is 0. The van der Waals surface area contributed by atoms with Gasteiger partial charge in [0.05, 0.1) is 0 Å². The molecule has 0 N–H and O–H groups in total. The van der Waals surface area contributed by atoms with Crippen molar-refractivity contribution in [3.8, 4) is 0 Å². The molecule has 0 aliphatic carbocycles. The highest BCUT2D eigenvalue weighted by molar-refractivity contribution is 7.95. The number of rotatable bonds is 7. The first-order valence-electron chi connectivity index (χ1n) is 5.37. The Balaban J connectivity index is 2.25. The molecule has 0 spiro atoms. The van der Waals surface area contributed by atoms with Crippen molar-refractivity contribution in [3.05, 3.63) is 46.3 Å². The fourth-order valence-corrected chi connectivity index (χ4v) is 1.89. The standard InChI is InChI=1S/C11H16N4S/c1-2-15(16-14-13-12)10-6-9-11-7-4-3-5-8-11/h3-5,7-8H,2,6,9-10H2,1H3. The lowest BCUT2D eigenvalue weighted by molar-refractivity contribution is 0.482. The summed E-state index contributed by atoms with van der Waals surface area (Å²) in [5.74, 6) is 0. The number of azide groups is 1. The Kier molecular flexibility index (Phi) is 6.49. The van der Waals surface area contributed by atoms with Crippen molar-refractivity contribution in [3.63, 3.8) is 0 Å². The molecule has 1 aromatic carbocycles. The minimum Gasteiger partial charge on any atom is -0.245 e. The highest BCUT2D eigenvalue weighted by atomic mass is 32.2. The Morgan fingerprint density at radius 1 is 1.38 bits per heavy atom. The van der Waals surface area contributed by atoms with E-state index in [9.17, 15) is 0 Å². The zero-order valence-corrected chi connectivity index (χ0v) is 10.2. The minimum atomic E-state index is 0.887. The summed E-state index contributed by atoms with van der Waals surface area (Å²) in [7, 11) is 0. The molecule has 0 amide bonds. The molecule has 1 rings (SSSR count). The van der Waals surface area contributed by atoms with E-state index in [0.717, 1.165) is 25.9 Å². The Morgan fingerprint density at radius 2 is 2.12 bits per heavy atom. The summed E-state index contributed by atoms with van der Waals surface area (Å²) < 4.78 is 5.55. The molecule has 5 heteroatoms. The summed E-state index contributed by atoms with van der Waals surface area (Å²) >= 11 is 1.20. The van der Waals surface area contributed by atoms with E-state index < -0.39 is 0 Å². The van der Waals surface area contributed by atoms with Crippen molar-refractivity contribution >= 4 is 12.1 Å². The van der Waals surface area contributed by atoms with E-state index >= 15 is 0 Å². The van der Waals surface area contributed by atoms with Crippen molar-refractivity contribution < 1.29 is 0 Å². The van der Waals surface area contributed by atoms with Gasteiger partial charge in [-0.15, -0.1) is 0 Å². The topological polar surface area (TPSA) is 52.0 Å². The van der Waals surface area contributed by atoms with E-state index in [1.165, 1.54) is 17.7 Å². The molecule has 1 aromatic rings. The first-order chi connectivity index (χ1) is 7.86. The van der Waals surface area contributed by atoms with Gasteiger partial charge in [0, 0.05) is 30.1 Å². The van der Waals surface area contributed by atoms with Crippen molar-refractivity contribution in [2.45, 2.75) is 19.8 Å². The summed E-state index contributed by atoms with van der Waals surface area (Å²) in [4.78, 5) is 2.74. The van der Waals surface area contributed by atoms with Gasteiger partial charge in [0.15, 0.2) is 0 Å². The van der Waals surface area contributed by atoms with Gasteiger partial charge in [-0.2, -0.15) is 0 Å². The minimum absolute atomic E-state index is 0.887. The predicted molar refractivity (Wildman–Crippen MR) is 68.7 cm³/mol. The summed E-state index contributed by atoms with van der Waals surface area (Å²) in [6.07, 6.45) is 2.14. The zero-order chi connectivity index (χ0) is 11.6. The molecule has 0 bridgehead atoms. The van der Waals surface area contributed by atoms with E-state index in [4.69, 9.17) is 5.53 Å². The lowest BCUT2D eigenvalue weighted by atomic mass is 10.1. The van der Waals surface area contributed by atoms with Crippen LogP contribution in [0.2, 0.25) is 0 Å². The van der Waals surface area contributed by atoms with Crippen LogP contribution in [-0.4, -0.2) is 17.4 Å². The monoisotopic (exact) mass is 236 g/mol. The van der Waals surface area contributed by atoms with Gasteiger partial charge in [-0.1, -0.05) is 37.3 Å². The Hall–Kier alpha value is -1.16. The molecule has 86 valence electrons. The van der Waals surface area contributed by atoms with Gasteiger partial charge in [-0.05, 0) is 28.5 Å². The normalized spacial score (nSPS) is 10.1. The van der Waals surface area contributed by atoms with Crippen LogP contribution in [0.5, 0.6) is 0 Å². The number of benzene rings is 1. The van der Waals surface area contributed by atoms with Crippen LogP contribution in [0.3, 0.4) is 0 Å². The molecule has 0 aliphatic heterocycles. The van der Waals surface area contributed by atoms with Crippen LogP contribution in [0.25, 0.3) is 10.4 Å². The van der Waals surface area contributed by atoms with Crippen molar-refractivity contribution in [2.24, 2.45) is 4.52 Å². The summed E-state index contributed by atoms with van der Waals surface area (Å²) in [6, 6.07) is 10.4. The molecule has 0 aliphatic rings. The van der Waals surface area contributed by atoms with Crippen LogP contribution in [0.4, 0.5) is 0 Å². The van der Waals surface area contributed by atoms with Crippen LogP contribution in [0, 0.1) is 0 Å². The van der Waals surface area contributed by atoms with E-state index in [0.29, 0.717) is 0 Å². The van der Waals surface area contributed by atoms with Crippen molar-refractivity contribution in [2.75, 3.05) is 13.1 Å². The largest absolute Gasteiger partial charge is 0.245 e. The average Bonchev–Trinajstić information content (AvgIpc) is 2.35. The lowest BCUT2D eigenvalue weighted by Gasteiger charge is -2.15. The number of aryl methyl sites for hydroxylation is 1. The summed E-state index contributed by atoms with van der Waals surface area (Å²) in [6.45, 7) is 3.88. The quantitative estimate of drug-likeness (QED) is 0.313. The molecule has 0 heterocycles. The third-order valence-electron chi connectivity index (χ3n) is 2.26. The SMILES string of the molecule is CCN(CCCc1ccccc1)SN=[N+]=[N-]. The Labute approximate surface area is 101 Å².